The van der Waals surface area contributed by atoms with E-state index in [9.17, 15) is 13.2 Å². The molecule has 6 heteroatoms. The number of halogens is 4. The summed E-state index contributed by atoms with van der Waals surface area (Å²) in [6.45, 7) is 2.02. The van der Waals surface area contributed by atoms with Crippen LogP contribution in [0.2, 0.25) is 5.02 Å². The van der Waals surface area contributed by atoms with E-state index in [2.05, 4.69) is 5.32 Å². The second kappa shape index (κ2) is 6.11. The van der Waals surface area contributed by atoms with E-state index < -0.39 is 12.6 Å². The SMILES string of the molecule is FC(F)(F)CCN1CCNCC1c1cccc(Cl)c1. The second-order valence-electron chi connectivity index (χ2n) is 4.68. The molecule has 1 aromatic rings. The molecule has 0 saturated carbocycles. The maximum atomic E-state index is 12.3. The summed E-state index contributed by atoms with van der Waals surface area (Å²) in [6.07, 6.45) is -4.88. The second-order valence-corrected chi connectivity index (χ2v) is 5.11. The molecule has 1 unspecified atom stereocenters. The van der Waals surface area contributed by atoms with Crippen molar-refractivity contribution in [2.45, 2.75) is 18.6 Å². The van der Waals surface area contributed by atoms with Gasteiger partial charge < -0.3 is 5.32 Å². The first-order valence-corrected chi connectivity index (χ1v) is 6.60. The van der Waals surface area contributed by atoms with Gasteiger partial charge in [-0.25, -0.2) is 0 Å². The van der Waals surface area contributed by atoms with Crippen molar-refractivity contribution in [3.05, 3.63) is 34.9 Å². The van der Waals surface area contributed by atoms with Gasteiger partial charge in [-0.15, -0.1) is 0 Å². The highest BCUT2D eigenvalue weighted by atomic mass is 35.5. The van der Waals surface area contributed by atoms with Crippen LogP contribution in [0.4, 0.5) is 13.2 Å². The number of nitrogens with one attached hydrogen (secondary N) is 1. The molecule has 0 aromatic heterocycles. The first-order valence-electron chi connectivity index (χ1n) is 6.23. The van der Waals surface area contributed by atoms with Gasteiger partial charge in [-0.2, -0.15) is 13.2 Å². The Kier molecular flexibility index (Phi) is 4.71. The summed E-state index contributed by atoms with van der Waals surface area (Å²) >= 11 is 5.94. The van der Waals surface area contributed by atoms with Crippen LogP contribution in [0, 0.1) is 0 Å². The molecule has 1 aromatic carbocycles. The minimum Gasteiger partial charge on any atom is -0.314 e. The molecule has 1 aliphatic rings. The van der Waals surface area contributed by atoms with Gasteiger partial charge in [-0.1, -0.05) is 23.7 Å². The molecule has 1 heterocycles. The van der Waals surface area contributed by atoms with Gasteiger partial charge in [-0.05, 0) is 17.7 Å². The summed E-state index contributed by atoms with van der Waals surface area (Å²) in [5, 5.41) is 3.82. The molecule has 2 rings (SSSR count). The Balaban J connectivity index is 2.07. The normalized spacial score (nSPS) is 21.6. The fourth-order valence-corrected chi connectivity index (χ4v) is 2.53. The highest BCUT2D eigenvalue weighted by Crippen LogP contribution is 2.27. The van der Waals surface area contributed by atoms with Crippen molar-refractivity contribution >= 4 is 11.6 Å². The summed E-state index contributed by atoms with van der Waals surface area (Å²) in [7, 11) is 0. The standard InChI is InChI=1S/C13H16ClF3N2/c14-11-3-1-2-10(8-11)12-9-18-5-7-19(12)6-4-13(15,16)17/h1-3,8,12,18H,4-7,9H2. The zero-order valence-corrected chi connectivity index (χ0v) is 11.1. The summed E-state index contributed by atoms with van der Waals surface area (Å²) in [4.78, 5) is 1.87. The maximum Gasteiger partial charge on any atom is 0.390 e. The molecular formula is C13H16ClF3N2. The molecule has 19 heavy (non-hydrogen) atoms. The lowest BCUT2D eigenvalue weighted by atomic mass is 10.0. The summed E-state index contributed by atoms with van der Waals surface area (Å²) in [5.41, 5.74) is 0.960. The third kappa shape index (κ3) is 4.37. The van der Waals surface area contributed by atoms with Gasteiger partial charge >= 0.3 is 6.18 Å². The van der Waals surface area contributed by atoms with E-state index in [1.54, 1.807) is 6.07 Å². The van der Waals surface area contributed by atoms with E-state index in [4.69, 9.17) is 11.6 Å². The molecular weight excluding hydrogens is 277 g/mol. The van der Waals surface area contributed by atoms with Crippen LogP contribution >= 0.6 is 11.6 Å². The van der Waals surface area contributed by atoms with Crippen LogP contribution in [0.1, 0.15) is 18.0 Å². The number of rotatable bonds is 3. The van der Waals surface area contributed by atoms with Crippen LogP contribution < -0.4 is 5.32 Å². The quantitative estimate of drug-likeness (QED) is 0.920. The van der Waals surface area contributed by atoms with E-state index in [1.165, 1.54) is 0 Å². The fourth-order valence-electron chi connectivity index (χ4n) is 2.33. The van der Waals surface area contributed by atoms with Crippen LogP contribution in [-0.2, 0) is 0 Å². The molecule has 0 radical (unpaired) electrons. The molecule has 1 fully saturated rings. The van der Waals surface area contributed by atoms with Gasteiger partial charge in [0.25, 0.3) is 0 Å². The molecule has 0 amide bonds. The minimum absolute atomic E-state index is 0.0301. The van der Waals surface area contributed by atoms with Gasteiger partial charge in [0.15, 0.2) is 0 Å². The van der Waals surface area contributed by atoms with E-state index in [1.807, 2.05) is 23.1 Å². The van der Waals surface area contributed by atoms with Gasteiger partial charge in [0.1, 0.15) is 0 Å². The largest absolute Gasteiger partial charge is 0.390 e. The molecule has 106 valence electrons. The van der Waals surface area contributed by atoms with Gasteiger partial charge in [0, 0.05) is 37.2 Å². The lowest BCUT2D eigenvalue weighted by molar-refractivity contribution is -0.139. The van der Waals surface area contributed by atoms with Crippen LogP contribution in [-0.4, -0.2) is 37.3 Å². The summed E-state index contributed by atoms with van der Waals surface area (Å²) in [6, 6.07) is 7.27. The smallest absolute Gasteiger partial charge is 0.314 e. The lowest BCUT2D eigenvalue weighted by Crippen LogP contribution is -2.46. The van der Waals surface area contributed by atoms with Gasteiger partial charge in [-0.3, -0.25) is 4.90 Å². The average Bonchev–Trinajstić information content (AvgIpc) is 2.36. The van der Waals surface area contributed by atoms with E-state index in [-0.39, 0.29) is 12.6 Å². The van der Waals surface area contributed by atoms with Crippen molar-refractivity contribution in [1.82, 2.24) is 10.2 Å². The first-order chi connectivity index (χ1) is 8.96. The number of hydrogen-bond acceptors (Lipinski definition) is 2. The molecule has 0 bridgehead atoms. The maximum absolute atomic E-state index is 12.3. The monoisotopic (exact) mass is 292 g/mol. The minimum atomic E-state index is -4.11. The van der Waals surface area contributed by atoms with Crippen molar-refractivity contribution < 1.29 is 13.2 Å². The van der Waals surface area contributed by atoms with Gasteiger partial charge in [0.2, 0.25) is 0 Å². The predicted molar refractivity (Wildman–Crippen MR) is 69.3 cm³/mol. The lowest BCUT2D eigenvalue weighted by Gasteiger charge is -2.36. The third-order valence-electron chi connectivity index (χ3n) is 3.27. The Morgan fingerprint density at radius 2 is 2.16 bits per heavy atom. The van der Waals surface area contributed by atoms with Crippen LogP contribution in [0.15, 0.2) is 24.3 Å². The zero-order chi connectivity index (χ0) is 13.9. The number of alkyl halides is 3. The molecule has 0 spiro atoms. The molecule has 1 saturated heterocycles. The number of hydrogen-bond donors (Lipinski definition) is 1. The molecule has 1 aliphatic heterocycles. The van der Waals surface area contributed by atoms with Crippen LogP contribution in [0.3, 0.4) is 0 Å². The first kappa shape index (κ1) is 14.6. The van der Waals surface area contributed by atoms with E-state index in [0.29, 0.717) is 18.1 Å². The molecule has 1 N–H and O–H groups in total. The van der Waals surface area contributed by atoms with E-state index in [0.717, 1.165) is 12.1 Å². The fraction of sp³-hybridized carbons (Fsp3) is 0.538. The third-order valence-corrected chi connectivity index (χ3v) is 3.51. The van der Waals surface area contributed by atoms with Crippen LogP contribution in [0.5, 0.6) is 0 Å². The average molecular weight is 293 g/mol. The Hall–Kier alpha value is -0.780. The highest BCUT2D eigenvalue weighted by molar-refractivity contribution is 6.30. The Morgan fingerprint density at radius 1 is 1.37 bits per heavy atom. The topological polar surface area (TPSA) is 15.3 Å². The predicted octanol–water partition coefficient (Wildman–Crippen LogP) is 3.24. The van der Waals surface area contributed by atoms with E-state index >= 15 is 0 Å². The molecule has 1 atom stereocenters. The Bertz CT molecular complexity index is 423. The number of nitrogens with zero attached hydrogens (tertiary/aromatic N) is 1. The molecule has 2 nitrogen and oxygen atoms in total. The van der Waals surface area contributed by atoms with Crippen molar-refractivity contribution in [3.63, 3.8) is 0 Å². The van der Waals surface area contributed by atoms with Gasteiger partial charge in [0.05, 0.1) is 6.42 Å². The van der Waals surface area contributed by atoms with Crippen LogP contribution in [0.25, 0.3) is 0 Å². The highest BCUT2D eigenvalue weighted by Gasteiger charge is 2.31. The van der Waals surface area contributed by atoms with Crippen molar-refractivity contribution in [2.75, 3.05) is 26.2 Å². The summed E-state index contributed by atoms with van der Waals surface area (Å²) < 4.78 is 37.0. The zero-order valence-electron chi connectivity index (χ0n) is 10.4. The Labute approximate surface area is 115 Å². The number of benzene rings is 1. The number of piperazine rings is 1. The Morgan fingerprint density at radius 3 is 2.84 bits per heavy atom. The van der Waals surface area contributed by atoms with Crippen molar-refractivity contribution in [3.8, 4) is 0 Å². The summed E-state index contributed by atoms with van der Waals surface area (Å²) in [5.74, 6) is 0. The van der Waals surface area contributed by atoms with Crippen molar-refractivity contribution in [1.29, 1.82) is 0 Å². The van der Waals surface area contributed by atoms with Crippen molar-refractivity contribution in [2.24, 2.45) is 0 Å². The molecule has 0 aliphatic carbocycles.